The Balaban J connectivity index is 1.89. The zero-order valence-electron chi connectivity index (χ0n) is 17.1. The van der Waals surface area contributed by atoms with Crippen LogP contribution in [0.1, 0.15) is 62.0 Å². The first kappa shape index (κ1) is 20.1. The van der Waals surface area contributed by atoms with Crippen LogP contribution in [-0.4, -0.2) is 32.5 Å². The highest BCUT2D eigenvalue weighted by molar-refractivity contribution is 6.74. The summed E-state index contributed by atoms with van der Waals surface area (Å²) in [4.78, 5) is 15.8. The maximum atomic E-state index is 13.7. The number of hydrogen-bond donors (Lipinski definition) is 1. The summed E-state index contributed by atoms with van der Waals surface area (Å²) in [7, 11) is -0.470. The smallest absolute Gasteiger partial charge is 0.340 e. The quantitative estimate of drug-likeness (QED) is 0.533. The summed E-state index contributed by atoms with van der Waals surface area (Å²) in [6, 6.07) is 4.49. The number of aromatic nitrogens is 1. The normalized spacial score (nSPS) is 21.0. The molecule has 3 rings (SSSR count). The Hall–Kier alpha value is -1.66. The largest absolute Gasteiger partial charge is 0.465 e. The first-order chi connectivity index (χ1) is 12.5. The average Bonchev–Trinajstić information content (AvgIpc) is 3.16. The van der Waals surface area contributed by atoms with Crippen LogP contribution in [0.3, 0.4) is 0 Å². The molecule has 1 fully saturated rings. The van der Waals surface area contributed by atoms with E-state index in [1.165, 1.54) is 19.2 Å². The Morgan fingerprint density at radius 1 is 1.26 bits per heavy atom. The number of H-pyrrole nitrogens is 1. The molecule has 1 saturated carbocycles. The van der Waals surface area contributed by atoms with Gasteiger partial charge < -0.3 is 14.1 Å². The van der Waals surface area contributed by atoms with Gasteiger partial charge in [0.05, 0.1) is 12.7 Å². The number of benzene rings is 1. The van der Waals surface area contributed by atoms with Gasteiger partial charge in [-0.2, -0.15) is 0 Å². The van der Waals surface area contributed by atoms with Gasteiger partial charge in [-0.15, -0.1) is 0 Å². The summed E-state index contributed by atoms with van der Waals surface area (Å²) in [5, 5.41) is 0.756. The summed E-state index contributed by atoms with van der Waals surface area (Å²) in [6.45, 7) is 11.3. The minimum absolute atomic E-state index is 0.168. The van der Waals surface area contributed by atoms with Gasteiger partial charge in [0.2, 0.25) is 0 Å². The molecule has 2 aromatic rings. The van der Waals surface area contributed by atoms with E-state index in [0.29, 0.717) is 10.9 Å². The lowest BCUT2D eigenvalue weighted by Crippen LogP contribution is -2.43. The van der Waals surface area contributed by atoms with E-state index in [-0.39, 0.29) is 22.9 Å². The summed E-state index contributed by atoms with van der Waals surface area (Å²) < 4.78 is 25.3. The Bertz CT molecular complexity index is 853. The van der Waals surface area contributed by atoms with Crippen molar-refractivity contribution in [1.29, 1.82) is 0 Å². The SMILES string of the molecule is COC(=O)c1c([C@H]2CC[C@@H](O[Si](C)(C)C(C)(C)C)C2)[nH]c2ccc(F)cc12. The van der Waals surface area contributed by atoms with Crippen LogP contribution < -0.4 is 0 Å². The van der Waals surface area contributed by atoms with Gasteiger partial charge in [0.1, 0.15) is 5.82 Å². The molecular formula is C21H30FNO3Si. The molecule has 1 aromatic heterocycles. The van der Waals surface area contributed by atoms with Gasteiger partial charge in [-0.25, -0.2) is 9.18 Å². The second kappa shape index (κ2) is 7.06. The van der Waals surface area contributed by atoms with Gasteiger partial charge in [-0.3, -0.25) is 0 Å². The third-order valence-electron chi connectivity index (χ3n) is 6.24. The molecule has 1 aliphatic carbocycles. The first-order valence-electron chi connectivity index (χ1n) is 9.61. The van der Waals surface area contributed by atoms with Crippen molar-refractivity contribution in [3.8, 4) is 0 Å². The molecule has 1 aromatic carbocycles. The maximum absolute atomic E-state index is 13.7. The predicted molar refractivity (Wildman–Crippen MR) is 108 cm³/mol. The fourth-order valence-corrected chi connectivity index (χ4v) is 5.12. The lowest BCUT2D eigenvalue weighted by atomic mass is 9.98. The van der Waals surface area contributed by atoms with Crippen LogP contribution in [-0.2, 0) is 9.16 Å². The molecule has 1 aliphatic rings. The molecule has 1 heterocycles. The van der Waals surface area contributed by atoms with Crippen molar-refractivity contribution in [2.45, 2.75) is 70.2 Å². The zero-order valence-corrected chi connectivity index (χ0v) is 18.1. The van der Waals surface area contributed by atoms with Gasteiger partial charge in [-0.1, -0.05) is 20.8 Å². The molecule has 0 unspecified atom stereocenters. The predicted octanol–water partition coefficient (Wildman–Crippen LogP) is 5.75. The van der Waals surface area contributed by atoms with E-state index in [9.17, 15) is 9.18 Å². The van der Waals surface area contributed by atoms with Crippen LogP contribution in [0.4, 0.5) is 4.39 Å². The van der Waals surface area contributed by atoms with E-state index in [4.69, 9.17) is 9.16 Å². The second-order valence-electron chi connectivity index (χ2n) is 9.11. The van der Waals surface area contributed by atoms with Crippen LogP contribution in [0.15, 0.2) is 18.2 Å². The standard InChI is InChI=1S/C21H30FNO3Si/c1-21(2,3)27(5,6)26-15-9-7-13(11-15)19-18(20(24)25-4)16-12-14(22)8-10-17(16)23-19/h8,10,12-13,15,23H,7,9,11H2,1-6H3/t13-,15+/m0/s1. The molecule has 6 heteroatoms. The van der Waals surface area contributed by atoms with Crippen LogP contribution in [0, 0.1) is 5.82 Å². The number of aromatic amines is 1. The number of ether oxygens (including phenoxy) is 1. The highest BCUT2D eigenvalue weighted by Crippen LogP contribution is 2.44. The molecular weight excluding hydrogens is 361 g/mol. The molecule has 1 N–H and O–H groups in total. The fraction of sp³-hybridized carbons (Fsp3) is 0.571. The number of halogens is 1. The molecule has 0 spiro atoms. The highest BCUT2D eigenvalue weighted by Gasteiger charge is 2.41. The number of carbonyl (C=O) groups excluding carboxylic acids is 1. The zero-order chi connectivity index (χ0) is 20.0. The van der Waals surface area contributed by atoms with Crippen LogP contribution in [0.2, 0.25) is 18.1 Å². The second-order valence-corrected chi connectivity index (χ2v) is 13.9. The summed E-state index contributed by atoms with van der Waals surface area (Å²) in [5.41, 5.74) is 2.08. The molecule has 0 amide bonds. The monoisotopic (exact) mass is 391 g/mol. The van der Waals surface area contributed by atoms with E-state index < -0.39 is 14.3 Å². The Kier molecular flexibility index (Phi) is 5.25. The van der Waals surface area contributed by atoms with Crippen molar-refractivity contribution >= 4 is 25.2 Å². The van der Waals surface area contributed by atoms with E-state index in [1.807, 2.05) is 0 Å². The fourth-order valence-electron chi connectivity index (χ4n) is 3.72. The van der Waals surface area contributed by atoms with Crippen LogP contribution >= 0.6 is 0 Å². The molecule has 0 radical (unpaired) electrons. The van der Waals surface area contributed by atoms with Crippen molar-refractivity contribution in [2.24, 2.45) is 0 Å². The van der Waals surface area contributed by atoms with Crippen molar-refractivity contribution in [3.05, 3.63) is 35.3 Å². The molecule has 27 heavy (non-hydrogen) atoms. The third kappa shape index (κ3) is 3.83. The van der Waals surface area contributed by atoms with Gasteiger partial charge in [0.15, 0.2) is 8.32 Å². The lowest BCUT2D eigenvalue weighted by molar-refractivity contribution is 0.0601. The average molecular weight is 392 g/mol. The Labute approximate surface area is 161 Å². The van der Waals surface area contributed by atoms with E-state index in [0.717, 1.165) is 30.5 Å². The number of esters is 1. The van der Waals surface area contributed by atoms with Gasteiger partial charge in [0, 0.05) is 28.6 Å². The number of rotatable bonds is 4. The summed E-state index contributed by atoms with van der Waals surface area (Å²) in [5.74, 6) is -0.594. The van der Waals surface area contributed by atoms with E-state index >= 15 is 0 Å². The molecule has 0 saturated heterocycles. The first-order valence-corrected chi connectivity index (χ1v) is 12.5. The topological polar surface area (TPSA) is 51.3 Å². The van der Waals surface area contributed by atoms with Crippen molar-refractivity contribution in [2.75, 3.05) is 7.11 Å². The summed E-state index contributed by atoms with van der Waals surface area (Å²) >= 11 is 0. The van der Waals surface area contributed by atoms with Crippen LogP contribution in [0.5, 0.6) is 0 Å². The highest BCUT2D eigenvalue weighted by atomic mass is 28.4. The lowest BCUT2D eigenvalue weighted by Gasteiger charge is -2.38. The molecule has 0 aliphatic heterocycles. The maximum Gasteiger partial charge on any atom is 0.340 e. The number of methoxy groups -OCH3 is 1. The van der Waals surface area contributed by atoms with Crippen molar-refractivity contribution in [1.82, 2.24) is 4.98 Å². The number of fused-ring (bicyclic) bond motifs is 1. The number of carbonyl (C=O) groups is 1. The van der Waals surface area contributed by atoms with Gasteiger partial charge in [-0.05, 0) is 55.6 Å². The molecule has 4 nitrogen and oxygen atoms in total. The number of hydrogen-bond acceptors (Lipinski definition) is 3. The van der Waals surface area contributed by atoms with Gasteiger partial charge in [0.25, 0.3) is 0 Å². The molecule has 2 atom stereocenters. The molecule has 0 bridgehead atoms. The van der Waals surface area contributed by atoms with Gasteiger partial charge >= 0.3 is 5.97 Å². The number of nitrogens with one attached hydrogen (secondary N) is 1. The minimum Gasteiger partial charge on any atom is -0.465 e. The molecule has 148 valence electrons. The Morgan fingerprint density at radius 2 is 1.96 bits per heavy atom. The van der Waals surface area contributed by atoms with Crippen LogP contribution in [0.25, 0.3) is 10.9 Å². The summed E-state index contributed by atoms with van der Waals surface area (Å²) in [6.07, 6.45) is 2.98. The van der Waals surface area contributed by atoms with Crippen molar-refractivity contribution in [3.63, 3.8) is 0 Å². The minimum atomic E-state index is -1.83. The van der Waals surface area contributed by atoms with E-state index in [1.54, 1.807) is 6.07 Å². The third-order valence-corrected chi connectivity index (χ3v) is 10.8. The van der Waals surface area contributed by atoms with Crippen molar-refractivity contribution < 1.29 is 18.3 Å². The van der Waals surface area contributed by atoms with E-state index in [2.05, 4.69) is 38.8 Å². The Morgan fingerprint density at radius 3 is 2.59 bits per heavy atom.